The van der Waals surface area contributed by atoms with E-state index in [1.54, 1.807) is 9.47 Å². The molecule has 2 aliphatic heterocycles. The predicted molar refractivity (Wildman–Crippen MR) is 78.9 cm³/mol. The van der Waals surface area contributed by atoms with Crippen molar-refractivity contribution < 1.29 is 23.8 Å². The number of ether oxygens (including phenoxy) is 3. The molecule has 1 fully saturated rings. The smallest absolute Gasteiger partial charge is 0.343 e. The molecular weight excluding hydrogens is 304 g/mol. The van der Waals surface area contributed by atoms with Crippen molar-refractivity contribution in [2.24, 2.45) is 0 Å². The standard InChI is InChI=1S/C15H18N2O6/c1-4-16-9-6-23-7-10(9)17-5-8(15(20)22-3)12(18)13(21-2)11(17)14(16)19/h5,9-10H,4,6-7H2,1-3H3/t9-,10+/m1/s1. The van der Waals surface area contributed by atoms with E-state index in [0.29, 0.717) is 19.8 Å². The lowest BCUT2D eigenvalue weighted by molar-refractivity contribution is 0.0553. The van der Waals surface area contributed by atoms with Crippen LogP contribution in [0.2, 0.25) is 0 Å². The largest absolute Gasteiger partial charge is 0.491 e. The maximum Gasteiger partial charge on any atom is 0.343 e. The lowest BCUT2D eigenvalue weighted by Gasteiger charge is -2.38. The van der Waals surface area contributed by atoms with Crippen molar-refractivity contribution in [3.63, 3.8) is 0 Å². The van der Waals surface area contributed by atoms with E-state index in [9.17, 15) is 14.4 Å². The fourth-order valence-corrected chi connectivity index (χ4v) is 3.28. The van der Waals surface area contributed by atoms with Crippen molar-refractivity contribution >= 4 is 11.9 Å². The average Bonchev–Trinajstić information content (AvgIpc) is 3.03. The maximum absolute atomic E-state index is 12.8. The Hall–Kier alpha value is -2.35. The van der Waals surface area contributed by atoms with Gasteiger partial charge in [0.2, 0.25) is 5.43 Å². The van der Waals surface area contributed by atoms with Gasteiger partial charge < -0.3 is 23.7 Å². The number of amides is 1. The zero-order valence-corrected chi connectivity index (χ0v) is 13.2. The number of fused-ring (bicyclic) bond motifs is 3. The first-order chi connectivity index (χ1) is 11.0. The van der Waals surface area contributed by atoms with E-state index in [1.807, 2.05) is 6.92 Å². The summed E-state index contributed by atoms with van der Waals surface area (Å²) in [6.45, 7) is 3.19. The summed E-state index contributed by atoms with van der Waals surface area (Å²) in [5, 5.41) is 0. The molecule has 1 amide bonds. The van der Waals surface area contributed by atoms with Crippen LogP contribution in [-0.2, 0) is 9.47 Å². The third-order valence-corrected chi connectivity index (χ3v) is 4.38. The molecule has 0 aromatic carbocycles. The highest BCUT2D eigenvalue weighted by molar-refractivity contribution is 5.98. The molecule has 8 heteroatoms. The Morgan fingerprint density at radius 3 is 2.61 bits per heavy atom. The second kappa shape index (κ2) is 5.69. The number of hydrogen-bond donors (Lipinski definition) is 0. The Labute approximate surface area is 132 Å². The van der Waals surface area contributed by atoms with Crippen LogP contribution in [0.3, 0.4) is 0 Å². The summed E-state index contributed by atoms with van der Waals surface area (Å²) < 4.78 is 16.9. The zero-order valence-electron chi connectivity index (χ0n) is 13.2. The van der Waals surface area contributed by atoms with E-state index in [-0.39, 0.29) is 35.0 Å². The second-order valence-corrected chi connectivity index (χ2v) is 5.42. The number of rotatable bonds is 3. The second-order valence-electron chi connectivity index (χ2n) is 5.42. The first-order valence-electron chi connectivity index (χ1n) is 7.35. The monoisotopic (exact) mass is 322 g/mol. The number of carbonyl (C=O) groups excluding carboxylic acids is 2. The predicted octanol–water partition coefficient (Wildman–Crippen LogP) is 0.0591. The van der Waals surface area contributed by atoms with Crippen LogP contribution in [0, 0.1) is 0 Å². The van der Waals surface area contributed by atoms with E-state index in [0.717, 1.165) is 0 Å². The summed E-state index contributed by atoms with van der Waals surface area (Å²) in [5.74, 6) is -1.20. The van der Waals surface area contributed by atoms with Gasteiger partial charge in [0.05, 0.1) is 39.5 Å². The molecule has 1 aromatic heterocycles. The number of hydrogen-bond acceptors (Lipinski definition) is 6. The zero-order chi connectivity index (χ0) is 16.7. The highest BCUT2D eigenvalue weighted by Gasteiger charge is 2.44. The minimum atomic E-state index is -0.760. The Morgan fingerprint density at radius 1 is 1.30 bits per heavy atom. The van der Waals surface area contributed by atoms with Crippen LogP contribution >= 0.6 is 0 Å². The fourth-order valence-electron chi connectivity index (χ4n) is 3.28. The van der Waals surface area contributed by atoms with Crippen LogP contribution in [0.15, 0.2) is 11.0 Å². The van der Waals surface area contributed by atoms with Gasteiger partial charge in [0, 0.05) is 12.7 Å². The van der Waals surface area contributed by atoms with E-state index >= 15 is 0 Å². The number of nitrogens with zero attached hydrogens (tertiary/aromatic N) is 2. The van der Waals surface area contributed by atoms with E-state index < -0.39 is 11.4 Å². The third-order valence-electron chi connectivity index (χ3n) is 4.38. The SMILES string of the molecule is CCN1C(=O)c2c(OC)c(=O)c(C(=O)OC)cn2[C@H]2COC[C@H]21. The van der Waals surface area contributed by atoms with Crippen molar-refractivity contribution in [1.82, 2.24) is 9.47 Å². The number of pyridine rings is 1. The molecule has 0 bridgehead atoms. The van der Waals surface area contributed by atoms with E-state index in [2.05, 4.69) is 4.74 Å². The first-order valence-corrected chi connectivity index (χ1v) is 7.35. The van der Waals surface area contributed by atoms with E-state index in [4.69, 9.17) is 9.47 Å². The average molecular weight is 322 g/mol. The Kier molecular flexibility index (Phi) is 3.85. The summed E-state index contributed by atoms with van der Waals surface area (Å²) in [6, 6.07) is -0.293. The quantitative estimate of drug-likeness (QED) is 0.731. The Bertz CT molecular complexity index is 725. The number of aromatic nitrogens is 1. The van der Waals surface area contributed by atoms with Crippen LogP contribution in [0.5, 0.6) is 5.75 Å². The van der Waals surface area contributed by atoms with Gasteiger partial charge in [-0.25, -0.2) is 4.79 Å². The number of methoxy groups -OCH3 is 2. The minimum absolute atomic E-state index is 0.127. The maximum atomic E-state index is 12.8. The van der Waals surface area contributed by atoms with Gasteiger partial charge in [0.25, 0.3) is 5.91 Å². The van der Waals surface area contributed by atoms with Crippen molar-refractivity contribution in [1.29, 1.82) is 0 Å². The molecule has 23 heavy (non-hydrogen) atoms. The van der Waals surface area contributed by atoms with Crippen LogP contribution < -0.4 is 10.2 Å². The molecule has 0 unspecified atom stereocenters. The molecule has 124 valence electrons. The first kappa shape index (κ1) is 15.5. The normalized spacial score (nSPS) is 22.6. The number of esters is 1. The van der Waals surface area contributed by atoms with Gasteiger partial charge in [-0.15, -0.1) is 0 Å². The molecule has 3 heterocycles. The molecule has 0 radical (unpaired) electrons. The summed E-state index contributed by atoms with van der Waals surface area (Å²) in [4.78, 5) is 38.8. The molecule has 1 aromatic rings. The highest BCUT2D eigenvalue weighted by atomic mass is 16.5. The van der Waals surface area contributed by atoms with Gasteiger partial charge in [-0.2, -0.15) is 0 Å². The van der Waals surface area contributed by atoms with Crippen molar-refractivity contribution in [3.05, 3.63) is 27.7 Å². The Balaban J connectivity index is 2.29. The lowest BCUT2D eigenvalue weighted by atomic mass is 10.0. The van der Waals surface area contributed by atoms with Gasteiger partial charge in [0.1, 0.15) is 5.56 Å². The van der Waals surface area contributed by atoms with Crippen molar-refractivity contribution in [3.8, 4) is 5.75 Å². The van der Waals surface area contributed by atoms with Gasteiger partial charge in [-0.3, -0.25) is 9.59 Å². The summed E-state index contributed by atoms with van der Waals surface area (Å²) in [7, 11) is 2.50. The van der Waals surface area contributed by atoms with Crippen LogP contribution in [0.4, 0.5) is 0 Å². The highest BCUT2D eigenvalue weighted by Crippen LogP contribution is 2.34. The molecule has 3 rings (SSSR count). The third kappa shape index (κ3) is 2.13. The minimum Gasteiger partial charge on any atom is -0.491 e. The number of likely N-dealkylation sites (N-methyl/N-ethyl adjacent to an activating group) is 1. The van der Waals surface area contributed by atoms with Gasteiger partial charge in [-0.1, -0.05) is 0 Å². The molecule has 2 aliphatic rings. The van der Waals surface area contributed by atoms with Crippen LogP contribution in [-0.4, -0.2) is 61.4 Å². The summed E-state index contributed by atoms with van der Waals surface area (Å²) in [5.41, 5.74) is -0.650. The molecule has 0 N–H and O–H groups in total. The molecule has 0 saturated carbocycles. The molecule has 8 nitrogen and oxygen atoms in total. The molecule has 2 atom stereocenters. The van der Waals surface area contributed by atoms with Crippen molar-refractivity contribution in [2.75, 3.05) is 34.0 Å². The van der Waals surface area contributed by atoms with Gasteiger partial charge in [0.15, 0.2) is 11.4 Å². The lowest BCUT2D eigenvalue weighted by Crippen LogP contribution is -2.51. The Morgan fingerprint density at radius 2 is 2.00 bits per heavy atom. The van der Waals surface area contributed by atoms with E-state index in [1.165, 1.54) is 20.4 Å². The topological polar surface area (TPSA) is 87.1 Å². The fraction of sp³-hybridized carbons (Fsp3) is 0.533. The van der Waals surface area contributed by atoms with Gasteiger partial charge in [-0.05, 0) is 6.92 Å². The summed E-state index contributed by atoms with van der Waals surface area (Å²) in [6.07, 6.45) is 1.38. The molecule has 1 saturated heterocycles. The number of carbonyl (C=O) groups is 2. The molecule has 0 aliphatic carbocycles. The van der Waals surface area contributed by atoms with Crippen LogP contribution in [0.1, 0.15) is 33.8 Å². The molecule has 0 spiro atoms. The summed E-state index contributed by atoms with van der Waals surface area (Å²) >= 11 is 0. The molecular formula is C15H18N2O6. The van der Waals surface area contributed by atoms with Crippen molar-refractivity contribution in [2.45, 2.75) is 19.0 Å². The van der Waals surface area contributed by atoms with Crippen LogP contribution in [0.25, 0.3) is 0 Å². The van der Waals surface area contributed by atoms with Gasteiger partial charge >= 0.3 is 5.97 Å².